The molecule has 0 N–H and O–H groups in total. The van der Waals surface area contributed by atoms with Crippen molar-refractivity contribution in [2.45, 2.75) is 5.41 Å². The van der Waals surface area contributed by atoms with Gasteiger partial charge in [-0.3, -0.25) is 0 Å². The van der Waals surface area contributed by atoms with E-state index in [0.717, 1.165) is 33.9 Å². The van der Waals surface area contributed by atoms with Crippen LogP contribution in [-0.4, -0.2) is 8.07 Å². The molecule has 0 atom stereocenters. The smallest absolute Gasteiger partial charge is 0.184 e. The molecule has 3 heteroatoms. The van der Waals surface area contributed by atoms with Gasteiger partial charge in [-0.05, 0) is 148 Å². The number of nitrogens with zero attached hydrogens (tertiary/aromatic N) is 2. The summed E-state index contributed by atoms with van der Waals surface area (Å²) in [5.41, 5.74) is 18.6. The van der Waals surface area contributed by atoms with Crippen molar-refractivity contribution in [3.63, 3.8) is 0 Å². The summed E-state index contributed by atoms with van der Waals surface area (Å²) in [6.07, 6.45) is 0. The van der Waals surface area contributed by atoms with E-state index in [9.17, 15) is 0 Å². The standard InChI is InChI=1S/C77H54N2Si/c1-6-25-59(26-7-1)77(60-27-8-2-9-28-60)71-38-19-18-36-69(71)70-51-50-64(54-72(70)77)78(63-48-43-57(44-49-63)68-37-22-24-56-23-16-17-35-67(56)68)62-46-41-55(42-47-62)58-45-52-76-74(53-58)79(61-29-10-3-11-30-61)73-39-20-21-40-75(73)80(76,65-31-12-4-13-32-65)66-33-14-5-15-34-66/h1-54H. The number of fused-ring (bicyclic) bond motifs is 6. The zero-order valence-corrected chi connectivity index (χ0v) is 45.1. The predicted molar refractivity (Wildman–Crippen MR) is 339 cm³/mol. The lowest BCUT2D eigenvalue weighted by Gasteiger charge is -2.45. The lowest BCUT2D eigenvalue weighted by atomic mass is 9.67. The summed E-state index contributed by atoms with van der Waals surface area (Å²) in [6, 6.07) is 122. The Morgan fingerprint density at radius 3 is 1.46 bits per heavy atom. The first-order chi connectivity index (χ1) is 39.7. The Morgan fingerprint density at radius 2 is 0.787 bits per heavy atom. The molecule has 0 radical (unpaired) electrons. The molecule has 2 nitrogen and oxygen atoms in total. The van der Waals surface area contributed by atoms with E-state index in [0.29, 0.717) is 0 Å². The molecule has 13 aromatic rings. The van der Waals surface area contributed by atoms with Crippen molar-refractivity contribution in [2.24, 2.45) is 0 Å². The van der Waals surface area contributed by atoms with Crippen LogP contribution in [0.3, 0.4) is 0 Å². The first-order valence-corrected chi connectivity index (χ1v) is 29.7. The number of anilines is 6. The average Bonchev–Trinajstić information content (AvgIpc) is 3.32. The predicted octanol–water partition coefficient (Wildman–Crippen LogP) is 17.2. The molecule has 0 aromatic heterocycles. The molecular formula is C77H54N2Si. The van der Waals surface area contributed by atoms with Crippen molar-refractivity contribution in [3.8, 4) is 33.4 Å². The van der Waals surface area contributed by atoms with Gasteiger partial charge in [0.15, 0.2) is 8.07 Å². The van der Waals surface area contributed by atoms with Gasteiger partial charge in [-0.25, -0.2) is 0 Å². The molecule has 1 aliphatic carbocycles. The largest absolute Gasteiger partial charge is 0.311 e. The van der Waals surface area contributed by atoms with Crippen LogP contribution in [0.2, 0.25) is 0 Å². The van der Waals surface area contributed by atoms with Crippen LogP contribution in [-0.2, 0) is 5.41 Å². The summed E-state index contributed by atoms with van der Waals surface area (Å²) in [5.74, 6) is 0. The molecule has 80 heavy (non-hydrogen) atoms. The second-order valence-electron chi connectivity index (χ2n) is 21.1. The Balaban J connectivity index is 0.907. The van der Waals surface area contributed by atoms with E-state index in [2.05, 4.69) is 337 Å². The third-order valence-corrected chi connectivity index (χ3v) is 21.9. The Bertz CT molecular complexity index is 4310. The molecule has 13 aromatic carbocycles. The quantitative estimate of drug-likeness (QED) is 0.126. The lowest BCUT2D eigenvalue weighted by Crippen LogP contribution is -2.77. The molecule has 0 fully saturated rings. The molecule has 0 amide bonds. The Hall–Kier alpha value is -10.1. The molecule has 15 rings (SSSR count). The van der Waals surface area contributed by atoms with Crippen molar-refractivity contribution in [2.75, 3.05) is 9.80 Å². The number of hydrogen-bond donors (Lipinski definition) is 0. The second-order valence-corrected chi connectivity index (χ2v) is 24.8. The van der Waals surface area contributed by atoms with E-state index >= 15 is 0 Å². The molecular weight excluding hydrogens is 981 g/mol. The maximum Gasteiger partial charge on any atom is 0.184 e. The van der Waals surface area contributed by atoms with E-state index < -0.39 is 13.5 Å². The zero-order valence-electron chi connectivity index (χ0n) is 44.1. The maximum atomic E-state index is 2.50. The molecule has 376 valence electrons. The third-order valence-electron chi connectivity index (χ3n) is 17.0. The summed E-state index contributed by atoms with van der Waals surface area (Å²) in [6.45, 7) is 0. The Labute approximate surface area is 469 Å². The highest BCUT2D eigenvalue weighted by Gasteiger charge is 2.49. The van der Waals surface area contributed by atoms with Crippen LogP contribution in [0.25, 0.3) is 44.2 Å². The number of hydrogen-bond acceptors (Lipinski definition) is 2. The van der Waals surface area contributed by atoms with Gasteiger partial charge >= 0.3 is 0 Å². The first kappa shape index (κ1) is 47.2. The minimum absolute atomic E-state index is 0.541. The molecule has 1 heterocycles. The van der Waals surface area contributed by atoms with E-state index in [1.54, 1.807) is 0 Å². The SMILES string of the molecule is c1ccc(N2c3ccccc3[Si](c3ccccc3)(c3ccccc3)c3ccc(-c4ccc(N(c5ccc(-c6cccc7ccccc67)cc5)c5ccc6c(c5)C(c5ccccc5)(c5ccccc5)c5ccccc5-6)cc4)cc32)cc1. The van der Waals surface area contributed by atoms with Crippen LogP contribution in [0.4, 0.5) is 34.1 Å². The molecule has 0 bridgehead atoms. The van der Waals surface area contributed by atoms with Crippen molar-refractivity contribution in [1.82, 2.24) is 0 Å². The first-order valence-electron chi connectivity index (χ1n) is 27.7. The molecule has 2 aliphatic rings. The van der Waals surface area contributed by atoms with Crippen molar-refractivity contribution in [3.05, 3.63) is 350 Å². The minimum Gasteiger partial charge on any atom is -0.311 e. The molecule has 1 aliphatic heterocycles. The normalized spacial score (nSPS) is 13.4. The van der Waals surface area contributed by atoms with E-state index in [1.165, 1.54) is 87.4 Å². The van der Waals surface area contributed by atoms with Gasteiger partial charge in [0.25, 0.3) is 0 Å². The highest BCUT2D eigenvalue weighted by Crippen LogP contribution is 2.57. The van der Waals surface area contributed by atoms with Crippen LogP contribution in [0.15, 0.2) is 328 Å². The fraction of sp³-hybridized carbons (Fsp3) is 0.0130. The van der Waals surface area contributed by atoms with Crippen LogP contribution >= 0.6 is 0 Å². The Kier molecular flexibility index (Phi) is 11.5. The Morgan fingerprint density at radius 1 is 0.300 bits per heavy atom. The number of benzene rings is 13. The van der Waals surface area contributed by atoms with Crippen molar-refractivity contribution in [1.29, 1.82) is 0 Å². The summed E-state index contributed by atoms with van der Waals surface area (Å²) < 4.78 is 0. The van der Waals surface area contributed by atoms with Crippen molar-refractivity contribution < 1.29 is 0 Å². The van der Waals surface area contributed by atoms with Gasteiger partial charge in [0.1, 0.15) is 0 Å². The zero-order chi connectivity index (χ0) is 53.0. The monoisotopic (exact) mass is 1030 g/mol. The number of rotatable bonds is 10. The summed E-state index contributed by atoms with van der Waals surface area (Å²) >= 11 is 0. The van der Waals surface area contributed by atoms with E-state index in [1.807, 2.05) is 0 Å². The van der Waals surface area contributed by atoms with Gasteiger partial charge in [-0.1, -0.05) is 267 Å². The fourth-order valence-corrected chi connectivity index (χ4v) is 18.7. The van der Waals surface area contributed by atoms with Gasteiger partial charge in [-0.2, -0.15) is 0 Å². The fourth-order valence-electron chi connectivity index (χ4n) is 13.6. The molecule has 0 unspecified atom stereocenters. The summed E-state index contributed by atoms with van der Waals surface area (Å²) in [4.78, 5) is 4.95. The van der Waals surface area contributed by atoms with Crippen LogP contribution in [0.1, 0.15) is 22.3 Å². The van der Waals surface area contributed by atoms with Gasteiger partial charge in [0, 0.05) is 34.1 Å². The van der Waals surface area contributed by atoms with Gasteiger partial charge in [0.05, 0.1) is 5.41 Å². The molecule has 0 saturated heterocycles. The van der Waals surface area contributed by atoms with Crippen molar-refractivity contribution >= 4 is 73.7 Å². The third kappa shape index (κ3) is 7.39. The lowest BCUT2D eigenvalue weighted by molar-refractivity contribution is 0.768. The second kappa shape index (κ2) is 19.4. The van der Waals surface area contributed by atoms with Crippen LogP contribution in [0.5, 0.6) is 0 Å². The number of para-hydroxylation sites is 2. The highest BCUT2D eigenvalue weighted by atomic mass is 28.3. The maximum absolute atomic E-state index is 2.84. The summed E-state index contributed by atoms with van der Waals surface area (Å²) in [7, 11) is -2.84. The van der Waals surface area contributed by atoms with Gasteiger partial charge < -0.3 is 9.80 Å². The summed E-state index contributed by atoms with van der Waals surface area (Å²) in [5, 5.41) is 7.98. The minimum atomic E-state index is -2.84. The highest BCUT2D eigenvalue weighted by molar-refractivity contribution is 7.21. The molecule has 0 saturated carbocycles. The van der Waals surface area contributed by atoms with Gasteiger partial charge in [0.2, 0.25) is 0 Å². The molecule has 0 spiro atoms. The average molecular weight is 1040 g/mol. The van der Waals surface area contributed by atoms with E-state index in [4.69, 9.17) is 0 Å². The topological polar surface area (TPSA) is 6.48 Å². The van der Waals surface area contributed by atoms with Crippen LogP contribution < -0.4 is 30.5 Å². The van der Waals surface area contributed by atoms with E-state index in [-0.39, 0.29) is 0 Å². The van der Waals surface area contributed by atoms with Crippen LogP contribution in [0, 0.1) is 0 Å². The van der Waals surface area contributed by atoms with Gasteiger partial charge in [-0.15, -0.1) is 0 Å².